The van der Waals surface area contributed by atoms with Crippen LogP contribution in [-0.4, -0.2) is 28.9 Å². The lowest BCUT2D eigenvalue weighted by Gasteiger charge is -2.18. The van der Waals surface area contributed by atoms with Crippen LogP contribution in [0.5, 0.6) is 5.88 Å². The van der Waals surface area contributed by atoms with Crippen molar-refractivity contribution >= 4 is 11.6 Å². The molecule has 0 fully saturated rings. The van der Waals surface area contributed by atoms with E-state index in [1.807, 2.05) is 0 Å². The van der Waals surface area contributed by atoms with Gasteiger partial charge in [0.15, 0.2) is 0 Å². The van der Waals surface area contributed by atoms with Crippen LogP contribution in [0.2, 0.25) is 5.02 Å². The zero-order chi connectivity index (χ0) is 14.2. The number of halogens is 1. The molecule has 2 N–H and O–H groups in total. The molecule has 0 saturated carbocycles. The van der Waals surface area contributed by atoms with Crippen LogP contribution in [0.15, 0.2) is 33.9 Å². The molecule has 0 aliphatic heterocycles. The molecule has 19 heavy (non-hydrogen) atoms. The van der Waals surface area contributed by atoms with Gasteiger partial charge in [-0.15, -0.1) is 0 Å². The molecule has 7 heteroatoms. The van der Waals surface area contributed by atoms with Gasteiger partial charge in [0.05, 0.1) is 0 Å². The largest absolute Gasteiger partial charge is 0.493 e. The van der Waals surface area contributed by atoms with E-state index in [2.05, 4.69) is 4.98 Å². The van der Waals surface area contributed by atoms with Gasteiger partial charge in [-0.3, -0.25) is 9.78 Å². The summed E-state index contributed by atoms with van der Waals surface area (Å²) >= 11 is 5.77. The van der Waals surface area contributed by atoms with E-state index in [1.165, 1.54) is 5.01 Å². The van der Waals surface area contributed by atoms with Gasteiger partial charge in [0.1, 0.15) is 5.56 Å². The first-order chi connectivity index (χ1) is 8.91. The van der Waals surface area contributed by atoms with E-state index in [9.17, 15) is 14.7 Å². The van der Waals surface area contributed by atoms with E-state index < -0.39 is 17.1 Å². The predicted molar refractivity (Wildman–Crippen MR) is 73.5 cm³/mol. The van der Waals surface area contributed by atoms with E-state index in [-0.39, 0.29) is 5.56 Å². The molecule has 1 aromatic carbocycles. The second-order valence-electron chi connectivity index (χ2n) is 4.12. The second-order valence-corrected chi connectivity index (χ2v) is 4.56. The zero-order valence-electron chi connectivity index (χ0n) is 10.3. The van der Waals surface area contributed by atoms with Crippen LogP contribution in [0.1, 0.15) is 0 Å². The lowest BCUT2D eigenvalue weighted by Crippen LogP contribution is -2.40. The normalized spacial score (nSPS) is 10.5. The van der Waals surface area contributed by atoms with Gasteiger partial charge >= 0.3 is 5.69 Å². The number of rotatable bonds is 2. The van der Waals surface area contributed by atoms with Crippen molar-refractivity contribution in [3.8, 4) is 17.0 Å². The van der Waals surface area contributed by atoms with Crippen molar-refractivity contribution in [2.75, 3.05) is 19.1 Å². The van der Waals surface area contributed by atoms with Crippen molar-refractivity contribution in [3.05, 3.63) is 50.1 Å². The number of nitrogens with zero attached hydrogens (tertiary/aromatic N) is 2. The second kappa shape index (κ2) is 4.81. The van der Waals surface area contributed by atoms with Crippen molar-refractivity contribution in [2.45, 2.75) is 0 Å². The number of nitrogens with one attached hydrogen (secondary N) is 1. The van der Waals surface area contributed by atoms with Crippen LogP contribution in [0.4, 0.5) is 0 Å². The Balaban J connectivity index is 2.77. The van der Waals surface area contributed by atoms with Crippen molar-refractivity contribution in [2.24, 2.45) is 0 Å². The first kappa shape index (κ1) is 13.2. The lowest BCUT2D eigenvalue weighted by molar-refractivity contribution is 0.406. The highest BCUT2D eigenvalue weighted by molar-refractivity contribution is 6.30. The Morgan fingerprint density at radius 1 is 1.21 bits per heavy atom. The van der Waals surface area contributed by atoms with E-state index in [0.29, 0.717) is 10.6 Å². The number of hydrogen-bond acceptors (Lipinski definition) is 4. The molecular formula is C12H12ClN3O3. The third-order valence-corrected chi connectivity index (χ3v) is 2.85. The molecule has 100 valence electrons. The maximum absolute atomic E-state index is 11.8. The van der Waals surface area contributed by atoms with Gasteiger partial charge in [0, 0.05) is 19.1 Å². The highest BCUT2D eigenvalue weighted by atomic mass is 35.5. The van der Waals surface area contributed by atoms with Crippen LogP contribution < -0.4 is 16.3 Å². The number of aromatic nitrogens is 2. The molecule has 2 aromatic rings. The Labute approximate surface area is 113 Å². The third kappa shape index (κ3) is 2.34. The first-order valence-corrected chi connectivity index (χ1v) is 5.81. The number of H-pyrrole nitrogens is 1. The molecular weight excluding hydrogens is 270 g/mol. The number of benzene rings is 1. The topological polar surface area (TPSA) is 78.3 Å². The Bertz CT molecular complexity index is 716. The zero-order valence-corrected chi connectivity index (χ0v) is 11.1. The van der Waals surface area contributed by atoms with Gasteiger partial charge in [-0.25, -0.2) is 4.79 Å². The molecule has 0 bridgehead atoms. The summed E-state index contributed by atoms with van der Waals surface area (Å²) in [6.07, 6.45) is 0. The van der Waals surface area contributed by atoms with E-state index in [4.69, 9.17) is 11.6 Å². The quantitative estimate of drug-likeness (QED) is 0.852. The average Bonchev–Trinajstić information content (AvgIpc) is 2.30. The number of aromatic amines is 1. The third-order valence-electron chi connectivity index (χ3n) is 2.60. The standard InChI is InChI=1S/C12H12ClN3O3/c1-15(2)16-11(18)9(10(17)14-12(16)19)7-3-5-8(13)6-4-7/h3-6,18H,1-2H3,(H,14,17,19). The van der Waals surface area contributed by atoms with Gasteiger partial charge in [-0.1, -0.05) is 23.7 Å². The van der Waals surface area contributed by atoms with Gasteiger partial charge in [-0.2, -0.15) is 4.68 Å². The molecule has 0 aliphatic carbocycles. The molecule has 0 spiro atoms. The number of hydrogen-bond donors (Lipinski definition) is 2. The van der Waals surface area contributed by atoms with Crippen molar-refractivity contribution in [3.63, 3.8) is 0 Å². The minimum absolute atomic E-state index is 0.0185. The van der Waals surface area contributed by atoms with Crippen LogP contribution in [-0.2, 0) is 0 Å². The Morgan fingerprint density at radius 3 is 2.32 bits per heavy atom. The lowest BCUT2D eigenvalue weighted by atomic mass is 10.1. The molecule has 1 aromatic heterocycles. The van der Waals surface area contributed by atoms with Crippen molar-refractivity contribution in [1.82, 2.24) is 9.66 Å². The van der Waals surface area contributed by atoms with Crippen LogP contribution in [0, 0.1) is 0 Å². The Hall–Kier alpha value is -2.21. The Kier molecular flexibility index (Phi) is 3.35. The molecule has 6 nitrogen and oxygen atoms in total. The highest BCUT2D eigenvalue weighted by Gasteiger charge is 2.16. The average molecular weight is 282 g/mol. The fourth-order valence-corrected chi connectivity index (χ4v) is 1.89. The summed E-state index contributed by atoms with van der Waals surface area (Å²) in [6, 6.07) is 6.38. The predicted octanol–water partition coefficient (Wildman–Crippen LogP) is 0.760. The summed E-state index contributed by atoms with van der Waals surface area (Å²) in [4.78, 5) is 25.6. The maximum Gasteiger partial charge on any atom is 0.350 e. The van der Waals surface area contributed by atoms with Crippen LogP contribution in [0.25, 0.3) is 11.1 Å². The van der Waals surface area contributed by atoms with Crippen molar-refractivity contribution < 1.29 is 5.11 Å². The molecule has 0 saturated heterocycles. The fraction of sp³-hybridized carbons (Fsp3) is 0.167. The fourth-order valence-electron chi connectivity index (χ4n) is 1.76. The monoisotopic (exact) mass is 281 g/mol. The minimum Gasteiger partial charge on any atom is -0.493 e. The molecule has 0 unspecified atom stereocenters. The van der Waals surface area contributed by atoms with Gasteiger partial charge < -0.3 is 10.1 Å². The van der Waals surface area contributed by atoms with Crippen molar-refractivity contribution in [1.29, 1.82) is 0 Å². The van der Waals surface area contributed by atoms with Crippen LogP contribution in [0.3, 0.4) is 0 Å². The summed E-state index contributed by atoms with van der Waals surface area (Å²) in [5.41, 5.74) is -0.864. The molecule has 0 aliphatic rings. The maximum atomic E-state index is 11.8. The molecule has 0 amide bonds. The molecule has 1 heterocycles. The Morgan fingerprint density at radius 2 is 1.79 bits per heavy atom. The van der Waals surface area contributed by atoms with E-state index in [0.717, 1.165) is 4.68 Å². The summed E-state index contributed by atoms with van der Waals surface area (Å²) in [5.74, 6) is -0.416. The van der Waals surface area contributed by atoms with Gasteiger partial charge in [0.25, 0.3) is 5.56 Å². The first-order valence-electron chi connectivity index (χ1n) is 5.43. The summed E-state index contributed by atoms with van der Waals surface area (Å²) in [7, 11) is 3.15. The molecule has 0 atom stereocenters. The molecule has 2 rings (SSSR count). The summed E-state index contributed by atoms with van der Waals surface area (Å²) in [6.45, 7) is 0. The van der Waals surface area contributed by atoms with Gasteiger partial charge in [0.2, 0.25) is 5.88 Å². The van der Waals surface area contributed by atoms with E-state index in [1.54, 1.807) is 38.4 Å². The smallest absolute Gasteiger partial charge is 0.350 e. The number of aromatic hydroxyl groups is 1. The highest BCUT2D eigenvalue weighted by Crippen LogP contribution is 2.25. The van der Waals surface area contributed by atoms with E-state index >= 15 is 0 Å². The minimum atomic E-state index is -0.704. The SMILES string of the molecule is CN(C)n1c(O)c(-c2ccc(Cl)cc2)c(=O)[nH]c1=O. The molecule has 0 radical (unpaired) electrons. The van der Waals surface area contributed by atoms with Crippen LogP contribution >= 0.6 is 11.6 Å². The summed E-state index contributed by atoms with van der Waals surface area (Å²) < 4.78 is 0.964. The summed E-state index contributed by atoms with van der Waals surface area (Å²) in [5, 5.41) is 12.0. The van der Waals surface area contributed by atoms with Gasteiger partial charge in [-0.05, 0) is 17.7 Å².